The molecule has 0 rings (SSSR count). The number of hydrogen-bond acceptors (Lipinski definition) is 4. The van der Waals surface area contributed by atoms with Crippen LogP contribution < -0.4 is 0 Å². The number of alkyl halides is 3. The van der Waals surface area contributed by atoms with Crippen LogP contribution in [0.3, 0.4) is 0 Å². The van der Waals surface area contributed by atoms with Crippen molar-refractivity contribution < 1.29 is 31.5 Å². The second-order valence-electron chi connectivity index (χ2n) is 3.07. The van der Waals surface area contributed by atoms with E-state index in [1.165, 1.54) is 6.92 Å². The minimum atomic E-state index is -4.47. The molecule has 0 radical (unpaired) electrons. The van der Waals surface area contributed by atoms with Gasteiger partial charge in [-0.3, -0.25) is 4.79 Å². The average molecular weight is 280 g/mol. The number of halogens is 3. The van der Waals surface area contributed by atoms with Crippen LogP contribution in [-0.2, 0) is 14.6 Å². The number of hydrogen-bond donors (Lipinski definition) is 1. The summed E-state index contributed by atoms with van der Waals surface area (Å²) in [7, 11) is -3.78. The van der Waals surface area contributed by atoms with Gasteiger partial charge < -0.3 is 5.11 Å². The number of carbonyl (C=O) groups is 1. The first-order chi connectivity index (χ1) is 7.04. The number of thioether (sulfide) groups is 1. The number of aliphatic carboxylic acids is 1. The summed E-state index contributed by atoms with van der Waals surface area (Å²) in [5, 5.41) is 7.18. The number of carboxylic acids is 1. The Balaban J connectivity index is 4.20. The zero-order chi connectivity index (χ0) is 13.0. The van der Waals surface area contributed by atoms with Crippen molar-refractivity contribution in [2.45, 2.75) is 24.1 Å². The molecule has 0 aromatic rings. The van der Waals surface area contributed by atoms with Crippen molar-refractivity contribution in [1.29, 1.82) is 0 Å². The summed E-state index contributed by atoms with van der Waals surface area (Å²) in [5.74, 6) is -2.58. The minimum Gasteiger partial charge on any atom is -0.481 e. The highest BCUT2D eigenvalue weighted by molar-refractivity contribution is 8.01. The maximum absolute atomic E-state index is 11.7. The third-order valence-corrected chi connectivity index (χ3v) is 4.87. The van der Waals surface area contributed by atoms with Gasteiger partial charge in [-0.05, 0) is 18.7 Å². The van der Waals surface area contributed by atoms with Crippen molar-refractivity contribution in [3.63, 3.8) is 0 Å². The van der Waals surface area contributed by atoms with Crippen LogP contribution in [0.2, 0.25) is 0 Å². The molecule has 16 heavy (non-hydrogen) atoms. The van der Waals surface area contributed by atoms with Gasteiger partial charge in [0.25, 0.3) is 0 Å². The van der Waals surface area contributed by atoms with E-state index in [-0.39, 0.29) is 0 Å². The van der Waals surface area contributed by atoms with Crippen LogP contribution in [0.15, 0.2) is 0 Å². The number of sulfone groups is 1. The van der Waals surface area contributed by atoms with Gasteiger partial charge >= 0.3 is 11.5 Å². The molecule has 0 aliphatic carbocycles. The molecule has 0 spiro atoms. The van der Waals surface area contributed by atoms with E-state index in [2.05, 4.69) is 0 Å². The first-order valence-corrected chi connectivity index (χ1v) is 6.89. The maximum atomic E-state index is 11.7. The number of carboxylic acid groups (broad SMARTS) is 1. The monoisotopic (exact) mass is 280 g/mol. The van der Waals surface area contributed by atoms with Gasteiger partial charge in [0.15, 0.2) is 9.84 Å². The third-order valence-electron chi connectivity index (χ3n) is 1.71. The quantitative estimate of drug-likeness (QED) is 0.798. The van der Waals surface area contributed by atoms with Crippen LogP contribution in [0.4, 0.5) is 13.2 Å². The van der Waals surface area contributed by atoms with Gasteiger partial charge in [-0.25, -0.2) is 8.42 Å². The topological polar surface area (TPSA) is 71.4 Å². The molecular weight excluding hydrogens is 269 g/mol. The molecule has 0 aliphatic heterocycles. The molecule has 4 nitrogen and oxygen atoms in total. The normalized spacial score (nSPS) is 14.8. The van der Waals surface area contributed by atoms with Crippen molar-refractivity contribution in [3.8, 4) is 0 Å². The summed E-state index contributed by atoms with van der Waals surface area (Å²) in [5.41, 5.74) is -4.47. The van der Waals surface area contributed by atoms with Gasteiger partial charge in [0.05, 0.1) is 17.4 Å². The zero-order valence-electron chi connectivity index (χ0n) is 8.32. The van der Waals surface area contributed by atoms with E-state index in [0.717, 1.165) is 0 Å². The van der Waals surface area contributed by atoms with E-state index in [1.807, 2.05) is 0 Å². The van der Waals surface area contributed by atoms with E-state index in [4.69, 9.17) is 5.11 Å². The minimum absolute atomic E-state index is 0.430. The lowest BCUT2D eigenvalue weighted by Crippen LogP contribution is -2.25. The molecule has 0 heterocycles. The summed E-state index contributed by atoms with van der Waals surface area (Å²) < 4.78 is 57.8. The Morgan fingerprint density at radius 3 is 2.31 bits per heavy atom. The highest BCUT2D eigenvalue weighted by Gasteiger charge is 2.30. The van der Waals surface area contributed by atoms with E-state index in [1.54, 1.807) is 0 Å². The highest BCUT2D eigenvalue weighted by atomic mass is 32.2. The van der Waals surface area contributed by atoms with Gasteiger partial charge in [-0.1, -0.05) is 0 Å². The van der Waals surface area contributed by atoms with Crippen molar-refractivity contribution in [2.24, 2.45) is 0 Å². The third kappa shape index (κ3) is 6.94. The lowest BCUT2D eigenvalue weighted by molar-refractivity contribution is -0.136. The Bertz CT molecular complexity index is 336. The molecule has 1 atom stereocenters. The molecule has 0 bridgehead atoms. The fourth-order valence-corrected chi connectivity index (χ4v) is 3.14. The zero-order valence-corrected chi connectivity index (χ0v) is 9.95. The summed E-state index contributed by atoms with van der Waals surface area (Å²) in [6.07, 6.45) is -0.598. The van der Waals surface area contributed by atoms with E-state index >= 15 is 0 Å². The van der Waals surface area contributed by atoms with Crippen LogP contribution in [0.1, 0.15) is 13.3 Å². The summed E-state index contributed by atoms with van der Waals surface area (Å²) in [4.78, 5) is 10.2. The molecule has 0 amide bonds. The number of rotatable bonds is 6. The SMILES string of the molecule is CC(CC(=O)O)S(=O)(=O)CCSC(F)(F)F. The van der Waals surface area contributed by atoms with E-state index in [0.29, 0.717) is 0 Å². The fourth-order valence-electron chi connectivity index (χ4n) is 0.848. The highest BCUT2D eigenvalue weighted by Crippen LogP contribution is 2.30. The fraction of sp³-hybridized carbons (Fsp3) is 0.857. The van der Waals surface area contributed by atoms with E-state index < -0.39 is 56.3 Å². The summed E-state index contributed by atoms with van der Waals surface area (Å²) in [6, 6.07) is 0. The Kier molecular flexibility index (Phi) is 5.60. The summed E-state index contributed by atoms with van der Waals surface area (Å²) in [6.45, 7) is 1.17. The predicted molar refractivity (Wildman–Crippen MR) is 54.0 cm³/mol. The van der Waals surface area contributed by atoms with Crippen LogP contribution in [0, 0.1) is 0 Å². The first kappa shape index (κ1) is 15.6. The Labute approximate surface area is 95.1 Å². The molecule has 1 N–H and O–H groups in total. The molecule has 0 aliphatic rings. The molecule has 0 saturated heterocycles. The van der Waals surface area contributed by atoms with Crippen molar-refractivity contribution >= 4 is 27.6 Å². The molecule has 96 valence electrons. The Morgan fingerprint density at radius 2 is 1.94 bits per heavy atom. The maximum Gasteiger partial charge on any atom is 0.441 e. The van der Waals surface area contributed by atoms with Crippen LogP contribution in [0.5, 0.6) is 0 Å². The second kappa shape index (κ2) is 5.76. The van der Waals surface area contributed by atoms with Gasteiger partial charge in [0.2, 0.25) is 0 Å². The van der Waals surface area contributed by atoms with Gasteiger partial charge in [-0.2, -0.15) is 13.2 Å². The van der Waals surface area contributed by atoms with Gasteiger partial charge in [-0.15, -0.1) is 0 Å². The van der Waals surface area contributed by atoms with Gasteiger partial charge in [0.1, 0.15) is 0 Å². The van der Waals surface area contributed by atoms with Crippen LogP contribution >= 0.6 is 11.8 Å². The molecule has 1 unspecified atom stereocenters. The molecule has 0 fully saturated rings. The molecular formula is C7H11F3O4S2. The lowest BCUT2D eigenvalue weighted by atomic mass is 10.3. The Morgan fingerprint density at radius 1 is 1.44 bits per heavy atom. The van der Waals surface area contributed by atoms with Crippen LogP contribution in [0.25, 0.3) is 0 Å². The summed E-state index contributed by atoms with van der Waals surface area (Å²) >= 11 is -0.430. The predicted octanol–water partition coefficient (Wildman–Crippen LogP) is 1.52. The van der Waals surface area contributed by atoms with Gasteiger partial charge in [0, 0.05) is 5.75 Å². The smallest absolute Gasteiger partial charge is 0.441 e. The first-order valence-electron chi connectivity index (χ1n) is 4.18. The van der Waals surface area contributed by atoms with E-state index in [9.17, 15) is 26.4 Å². The molecule has 9 heteroatoms. The second-order valence-corrected chi connectivity index (χ2v) is 6.77. The average Bonchev–Trinajstić information content (AvgIpc) is 1.99. The van der Waals surface area contributed by atoms with Crippen molar-refractivity contribution in [2.75, 3.05) is 11.5 Å². The molecule has 0 aromatic heterocycles. The Hall–Kier alpha value is -0.440. The van der Waals surface area contributed by atoms with Crippen molar-refractivity contribution in [3.05, 3.63) is 0 Å². The van der Waals surface area contributed by atoms with Crippen molar-refractivity contribution in [1.82, 2.24) is 0 Å². The molecule has 0 aromatic carbocycles. The standard InChI is InChI=1S/C7H11F3O4S2/c1-5(4-6(11)12)16(13,14)3-2-15-7(8,9)10/h5H,2-4H2,1H3,(H,11,12). The lowest BCUT2D eigenvalue weighted by Gasteiger charge is -2.11. The van der Waals surface area contributed by atoms with Crippen LogP contribution in [-0.4, -0.2) is 41.8 Å². The largest absolute Gasteiger partial charge is 0.481 e. The molecule has 0 saturated carbocycles.